The fraction of sp³-hybridized carbons (Fsp3) is 0.333. The summed E-state index contributed by atoms with van der Waals surface area (Å²) in [4.78, 5) is 22.4. The van der Waals surface area contributed by atoms with Crippen molar-refractivity contribution in [3.05, 3.63) is 28.2 Å². The van der Waals surface area contributed by atoms with Gasteiger partial charge < -0.3 is 14.8 Å². The van der Waals surface area contributed by atoms with Crippen molar-refractivity contribution >= 4 is 35.1 Å². The van der Waals surface area contributed by atoms with Crippen molar-refractivity contribution in [1.29, 1.82) is 0 Å². The van der Waals surface area contributed by atoms with Gasteiger partial charge in [-0.3, -0.25) is 4.79 Å². The zero-order chi connectivity index (χ0) is 14.4. The van der Waals surface area contributed by atoms with Crippen LogP contribution in [0.2, 0.25) is 10.0 Å². The average molecular weight is 306 g/mol. The maximum absolute atomic E-state index is 11.4. The van der Waals surface area contributed by atoms with Crippen molar-refractivity contribution in [2.45, 2.75) is 13.0 Å². The number of nitrogens with one attached hydrogen (secondary N) is 1. The molecule has 0 bridgehead atoms. The van der Waals surface area contributed by atoms with E-state index in [9.17, 15) is 9.59 Å². The minimum absolute atomic E-state index is 0.0804. The van der Waals surface area contributed by atoms with E-state index in [1.165, 1.54) is 14.0 Å². The van der Waals surface area contributed by atoms with Gasteiger partial charge in [0.05, 0.1) is 7.11 Å². The first-order chi connectivity index (χ1) is 8.92. The first-order valence-corrected chi connectivity index (χ1v) is 6.11. The summed E-state index contributed by atoms with van der Waals surface area (Å²) >= 11 is 11.6. The number of carbonyl (C=O) groups is 2. The van der Waals surface area contributed by atoms with Crippen molar-refractivity contribution < 1.29 is 19.1 Å². The number of benzene rings is 1. The van der Waals surface area contributed by atoms with Crippen LogP contribution in [-0.2, 0) is 14.3 Å². The maximum atomic E-state index is 11.4. The van der Waals surface area contributed by atoms with E-state index in [0.29, 0.717) is 15.8 Å². The molecule has 1 aromatic rings. The molecule has 19 heavy (non-hydrogen) atoms. The lowest BCUT2D eigenvalue weighted by molar-refractivity contribution is -0.145. The summed E-state index contributed by atoms with van der Waals surface area (Å²) in [7, 11) is 1.23. The first kappa shape index (κ1) is 15.6. The molecule has 104 valence electrons. The van der Waals surface area contributed by atoms with Crippen molar-refractivity contribution in [2.75, 3.05) is 13.7 Å². The van der Waals surface area contributed by atoms with Gasteiger partial charge in [-0.1, -0.05) is 23.2 Å². The SMILES string of the molecule is COC(=O)C(COc1cc(Cl)cc(Cl)c1)NC(C)=O. The molecular formula is C12H13Cl2NO4. The number of halogens is 2. The van der Waals surface area contributed by atoms with Crippen LogP contribution in [-0.4, -0.2) is 31.6 Å². The summed E-state index contributed by atoms with van der Waals surface area (Å²) in [5.74, 6) is -0.553. The van der Waals surface area contributed by atoms with E-state index in [4.69, 9.17) is 27.9 Å². The predicted molar refractivity (Wildman–Crippen MR) is 71.6 cm³/mol. The van der Waals surface area contributed by atoms with E-state index >= 15 is 0 Å². The van der Waals surface area contributed by atoms with Crippen LogP contribution in [0.3, 0.4) is 0 Å². The van der Waals surface area contributed by atoms with Gasteiger partial charge >= 0.3 is 5.97 Å². The Hall–Kier alpha value is -1.46. The Labute approximate surface area is 120 Å². The normalized spacial score (nSPS) is 11.6. The summed E-state index contributed by atoms with van der Waals surface area (Å²) in [6.07, 6.45) is 0. The fourth-order valence-corrected chi connectivity index (χ4v) is 1.85. The Bertz CT molecular complexity index is 459. The summed E-state index contributed by atoms with van der Waals surface area (Å²) in [6, 6.07) is 3.77. The van der Waals surface area contributed by atoms with Gasteiger partial charge in [0.15, 0.2) is 6.04 Å². The van der Waals surface area contributed by atoms with Crippen LogP contribution in [0.25, 0.3) is 0 Å². The topological polar surface area (TPSA) is 64.6 Å². The Morgan fingerprint density at radius 3 is 2.32 bits per heavy atom. The molecule has 0 aromatic heterocycles. The van der Waals surface area contributed by atoms with Gasteiger partial charge in [0.25, 0.3) is 0 Å². The van der Waals surface area contributed by atoms with Gasteiger partial charge in [-0.05, 0) is 18.2 Å². The zero-order valence-corrected chi connectivity index (χ0v) is 11.9. The summed E-state index contributed by atoms with van der Waals surface area (Å²) in [6.45, 7) is 1.22. The third-order valence-electron chi connectivity index (χ3n) is 2.12. The molecule has 0 aliphatic rings. The van der Waals surface area contributed by atoms with E-state index in [1.54, 1.807) is 18.2 Å². The quantitative estimate of drug-likeness (QED) is 0.846. The lowest BCUT2D eigenvalue weighted by Crippen LogP contribution is -2.44. The smallest absolute Gasteiger partial charge is 0.331 e. The van der Waals surface area contributed by atoms with Crippen LogP contribution >= 0.6 is 23.2 Å². The minimum Gasteiger partial charge on any atom is -0.491 e. The number of methoxy groups -OCH3 is 1. The van der Waals surface area contributed by atoms with Gasteiger partial charge in [-0.2, -0.15) is 0 Å². The molecule has 1 aromatic carbocycles. The van der Waals surface area contributed by atoms with E-state index in [-0.39, 0.29) is 12.5 Å². The van der Waals surface area contributed by atoms with Crippen LogP contribution in [0.4, 0.5) is 0 Å². The van der Waals surface area contributed by atoms with Gasteiger partial charge in [-0.15, -0.1) is 0 Å². The van der Waals surface area contributed by atoms with Gasteiger partial charge in [0, 0.05) is 17.0 Å². The molecule has 1 amide bonds. The second-order valence-corrected chi connectivity index (χ2v) is 4.57. The highest BCUT2D eigenvalue weighted by Gasteiger charge is 2.21. The Morgan fingerprint density at radius 2 is 1.84 bits per heavy atom. The third kappa shape index (κ3) is 5.36. The molecule has 5 nitrogen and oxygen atoms in total. The van der Waals surface area contributed by atoms with E-state index < -0.39 is 12.0 Å². The number of carbonyl (C=O) groups excluding carboxylic acids is 2. The highest BCUT2D eigenvalue weighted by atomic mass is 35.5. The van der Waals surface area contributed by atoms with Crippen LogP contribution in [0.15, 0.2) is 18.2 Å². The van der Waals surface area contributed by atoms with Crippen molar-refractivity contribution in [2.24, 2.45) is 0 Å². The number of rotatable bonds is 5. The molecule has 1 rings (SSSR count). The number of ether oxygens (including phenoxy) is 2. The fourth-order valence-electron chi connectivity index (χ4n) is 1.35. The molecule has 1 N–H and O–H groups in total. The highest BCUT2D eigenvalue weighted by Crippen LogP contribution is 2.24. The summed E-state index contributed by atoms with van der Waals surface area (Å²) in [5, 5.41) is 3.25. The van der Waals surface area contributed by atoms with E-state index in [2.05, 4.69) is 10.1 Å². The second-order valence-electron chi connectivity index (χ2n) is 3.69. The number of amides is 1. The molecule has 1 atom stereocenters. The Morgan fingerprint density at radius 1 is 1.26 bits per heavy atom. The van der Waals surface area contributed by atoms with E-state index in [1.807, 2.05) is 0 Å². The molecule has 0 fully saturated rings. The maximum Gasteiger partial charge on any atom is 0.331 e. The first-order valence-electron chi connectivity index (χ1n) is 5.36. The Balaban J connectivity index is 2.69. The molecule has 0 saturated carbocycles. The number of hydrogen-bond acceptors (Lipinski definition) is 4. The predicted octanol–water partition coefficient (Wildman–Crippen LogP) is 2.05. The zero-order valence-electron chi connectivity index (χ0n) is 10.4. The van der Waals surface area contributed by atoms with Crippen molar-refractivity contribution in [1.82, 2.24) is 5.32 Å². The van der Waals surface area contributed by atoms with Crippen molar-refractivity contribution in [3.63, 3.8) is 0 Å². The molecule has 0 aliphatic carbocycles. The minimum atomic E-state index is -0.889. The monoisotopic (exact) mass is 305 g/mol. The molecule has 0 aliphatic heterocycles. The second kappa shape index (κ2) is 7.21. The summed E-state index contributed by atoms with van der Waals surface area (Å²) in [5.41, 5.74) is 0. The average Bonchev–Trinajstić information content (AvgIpc) is 2.31. The van der Waals surface area contributed by atoms with Crippen LogP contribution < -0.4 is 10.1 Å². The van der Waals surface area contributed by atoms with E-state index in [0.717, 1.165) is 0 Å². The Kier molecular flexibility index (Phi) is 5.92. The van der Waals surface area contributed by atoms with Gasteiger partial charge in [-0.25, -0.2) is 4.79 Å². The van der Waals surface area contributed by atoms with Crippen LogP contribution in [0.1, 0.15) is 6.92 Å². The van der Waals surface area contributed by atoms with Crippen molar-refractivity contribution in [3.8, 4) is 5.75 Å². The lowest BCUT2D eigenvalue weighted by atomic mass is 10.3. The number of hydrogen-bond donors (Lipinski definition) is 1. The van der Waals surface area contributed by atoms with Gasteiger partial charge in [0.1, 0.15) is 12.4 Å². The third-order valence-corrected chi connectivity index (χ3v) is 2.55. The standard InChI is InChI=1S/C12H13Cl2NO4/c1-7(16)15-11(12(17)18-2)6-19-10-4-8(13)3-9(14)5-10/h3-5,11H,6H2,1-2H3,(H,15,16). The van der Waals surface area contributed by atoms with Crippen LogP contribution in [0, 0.1) is 0 Å². The lowest BCUT2D eigenvalue weighted by Gasteiger charge is -2.16. The molecule has 0 saturated heterocycles. The largest absolute Gasteiger partial charge is 0.491 e. The molecule has 0 radical (unpaired) electrons. The molecule has 0 heterocycles. The molecule has 0 spiro atoms. The number of esters is 1. The molecular weight excluding hydrogens is 293 g/mol. The van der Waals surface area contributed by atoms with Gasteiger partial charge in [0.2, 0.25) is 5.91 Å². The molecule has 1 unspecified atom stereocenters. The molecule has 7 heteroatoms. The van der Waals surface area contributed by atoms with Crippen LogP contribution in [0.5, 0.6) is 5.75 Å². The highest BCUT2D eigenvalue weighted by molar-refractivity contribution is 6.34. The summed E-state index contributed by atoms with van der Waals surface area (Å²) < 4.78 is 9.93.